The van der Waals surface area contributed by atoms with Crippen LogP contribution in [-0.2, 0) is 6.61 Å². The SMILES string of the molecule is Nc1c(OCc2cccc(Cl)c2)cc(-c2cccc3ccccc23)cc1-c1cccc2ccccc12. The first-order chi connectivity index (χ1) is 17.7. The van der Waals surface area contributed by atoms with Crippen LogP contribution in [0, 0.1) is 0 Å². The summed E-state index contributed by atoms with van der Waals surface area (Å²) in [6.45, 7) is 0.374. The molecule has 174 valence electrons. The third-order valence-corrected chi connectivity index (χ3v) is 6.84. The lowest BCUT2D eigenvalue weighted by atomic mass is 9.91. The van der Waals surface area contributed by atoms with Crippen LogP contribution in [0.25, 0.3) is 43.8 Å². The lowest BCUT2D eigenvalue weighted by Crippen LogP contribution is -2.01. The number of benzene rings is 6. The van der Waals surface area contributed by atoms with E-state index >= 15 is 0 Å². The van der Waals surface area contributed by atoms with Crippen LogP contribution in [0.3, 0.4) is 0 Å². The van der Waals surface area contributed by atoms with Crippen LogP contribution >= 0.6 is 11.6 Å². The normalized spacial score (nSPS) is 11.1. The Labute approximate surface area is 215 Å². The molecule has 6 aromatic rings. The van der Waals surface area contributed by atoms with E-state index < -0.39 is 0 Å². The van der Waals surface area contributed by atoms with Crippen LogP contribution < -0.4 is 10.5 Å². The zero-order valence-corrected chi connectivity index (χ0v) is 20.4. The maximum absolute atomic E-state index is 6.81. The number of rotatable bonds is 5. The number of hydrogen-bond acceptors (Lipinski definition) is 2. The van der Waals surface area contributed by atoms with Gasteiger partial charge in [0.25, 0.3) is 0 Å². The largest absolute Gasteiger partial charge is 0.487 e. The smallest absolute Gasteiger partial charge is 0.143 e. The molecule has 0 aliphatic heterocycles. The summed E-state index contributed by atoms with van der Waals surface area (Å²) in [5.74, 6) is 0.656. The number of halogens is 1. The molecule has 6 aromatic carbocycles. The van der Waals surface area contributed by atoms with E-state index in [9.17, 15) is 0 Å². The predicted molar refractivity (Wildman–Crippen MR) is 153 cm³/mol. The van der Waals surface area contributed by atoms with Gasteiger partial charge in [0.2, 0.25) is 0 Å². The molecule has 36 heavy (non-hydrogen) atoms. The first kappa shape index (κ1) is 22.2. The van der Waals surface area contributed by atoms with Gasteiger partial charge in [-0.2, -0.15) is 0 Å². The number of nitrogens with two attached hydrogens (primary N) is 1. The van der Waals surface area contributed by atoms with Gasteiger partial charge >= 0.3 is 0 Å². The van der Waals surface area contributed by atoms with Crippen LogP contribution in [0.4, 0.5) is 5.69 Å². The quantitative estimate of drug-likeness (QED) is 0.247. The summed E-state index contributed by atoms with van der Waals surface area (Å²) < 4.78 is 6.34. The Hall–Kier alpha value is -4.27. The molecule has 0 spiro atoms. The van der Waals surface area contributed by atoms with Gasteiger partial charge < -0.3 is 10.5 Å². The van der Waals surface area contributed by atoms with Gasteiger partial charge in [0.15, 0.2) is 0 Å². The van der Waals surface area contributed by atoms with E-state index in [-0.39, 0.29) is 0 Å². The molecule has 0 saturated heterocycles. The first-order valence-electron chi connectivity index (χ1n) is 11.9. The highest BCUT2D eigenvalue weighted by Crippen LogP contribution is 2.42. The molecule has 0 radical (unpaired) electrons. The second-order valence-corrected chi connectivity index (χ2v) is 9.34. The molecule has 0 unspecified atom stereocenters. The molecule has 0 aliphatic rings. The van der Waals surface area contributed by atoms with Crippen molar-refractivity contribution in [1.29, 1.82) is 0 Å². The Balaban J connectivity index is 1.55. The van der Waals surface area contributed by atoms with Crippen LogP contribution in [-0.4, -0.2) is 0 Å². The van der Waals surface area contributed by atoms with Gasteiger partial charge in [-0.25, -0.2) is 0 Å². The summed E-state index contributed by atoms with van der Waals surface area (Å²) in [6.07, 6.45) is 0. The van der Waals surface area contributed by atoms with Gasteiger partial charge in [0.05, 0.1) is 5.69 Å². The zero-order valence-electron chi connectivity index (χ0n) is 19.6. The first-order valence-corrected chi connectivity index (χ1v) is 12.3. The number of anilines is 1. The van der Waals surface area contributed by atoms with Gasteiger partial charge in [0, 0.05) is 10.6 Å². The molecular formula is C33H24ClNO. The third kappa shape index (κ3) is 4.17. The van der Waals surface area contributed by atoms with Gasteiger partial charge in [0.1, 0.15) is 12.4 Å². The lowest BCUT2D eigenvalue weighted by molar-refractivity contribution is 0.308. The number of nitrogen functional groups attached to an aromatic ring is 1. The summed E-state index contributed by atoms with van der Waals surface area (Å²) in [5.41, 5.74) is 12.7. The molecule has 2 N–H and O–H groups in total. The minimum atomic E-state index is 0.374. The zero-order chi connectivity index (χ0) is 24.5. The Morgan fingerprint density at radius 3 is 1.92 bits per heavy atom. The Morgan fingerprint density at radius 1 is 0.583 bits per heavy atom. The number of hydrogen-bond donors (Lipinski definition) is 1. The second kappa shape index (κ2) is 9.41. The second-order valence-electron chi connectivity index (χ2n) is 8.91. The van der Waals surface area contributed by atoms with Crippen molar-refractivity contribution in [3.63, 3.8) is 0 Å². The van der Waals surface area contributed by atoms with Gasteiger partial charge in [-0.1, -0.05) is 109 Å². The van der Waals surface area contributed by atoms with E-state index in [2.05, 4.69) is 97.1 Å². The number of ether oxygens (including phenoxy) is 1. The summed E-state index contributed by atoms with van der Waals surface area (Å²) in [6, 6.07) is 41.5. The van der Waals surface area contributed by atoms with Gasteiger partial charge in [-0.3, -0.25) is 0 Å². The fraction of sp³-hybridized carbons (Fsp3) is 0.0303. The van der Waals surface area contributed by atoms with Crippen LogP contribution in [0.5, 0.6) is 5.75 Å². The molecule has 0 fully saturated rings. The van der Waals surface area contributed by atoms with Crippen molar-refractivity contribution in [2.24, 2.45) is 0 Å². The number of fused-ring (bicyclic) bond motifs is 2. The standard InChI is InChI=1S/C33H24ClNO/c34-26-13-5-8-22(18-26)21-36-32-20-25(29-16-6-11-23-9-1-3-14-27(23)29)19-31(33(32)35)30-17-7-12-24-10-2-4-15-28(24)30/h1-20H,21,35H2. The average molecular weight is 486 g/mol. The summed E-state index contributed by atoms with van der Waals surface area (Å²) in [7, 11) is 0. The Bertz CT molecular complexity index is 1710. The Morgan fingerprint density at radius 2 is 1.19 bits per heavy atom. The summed E-state index contributed by atoms with van der Waals surface area (Å²) in [4.78, 5) is 0. The van der Waals surface area contributed by atoms with Crippen molar-refractivity contribution < 1.29 is 4.74 Å². The topological polar surface area (TPSA) is 35.2 Å². The van der Waals surface area contributed by atoms with Crippen LogP contribution in [0.15, 0.2) is 121 Å². The van der Waals surface area contributed by atoms with Crippen LogP contribution in [0.2, 0.25) is 5.02 Å². The monoisotopic (exact) mass is 485 g/mol. The molecule has 0 bridgehead atoms. The maximum atomic E-state index is 6.81. The fourth-order valence-corrected chi connectivity index (χ4v) is 5.06. The van der Waals surface area contributed by atoms with Crippen molar-refractivity contribution in [2.75, 3.05) is 5.73 Å². The molecule has 0 amide bonds. The van der Waals surface area contributed by atoms with Crippen molar-refractivity contribution in [2.45, 2.75) is 6.61 Å². The summed E-state index contributed by atoms with van der Waals surface area (Å²) >= 11 is 6.20. The molecular weight excluding hydrogens is 462 g/mol. The Kier molecular flexibility index (Phi) is 5.80. The highest BCUT2D eigenvalue weighted by atomic mass is 35.5. The van der Waals surface area contributed by atoms with Gasteiger partial charge in [-0.05, 0) is 68.1 Å². The maximum Gasteiger partial charge on any atom is 0.143 e. The lowest BCUT2D eigenvalue weighted by Gasteiger charge is -2.18. The van der Waals surface area contributed by atoms with Crippen molar-refractivity contribution in [3.8, 4) is 28.0 Å². The highest BCUT2D eigenvalue weighted by Gasteiger charge is 2.16. The molecule has 3 heteroatoms. The minimum Gasteiger partial charge on any atom is -0.487 e. The van der Waals surface area contributed by atoms with E-state index in [4.69, 9.17) is 22.1 Å². The van der Waals surface area contributed by atoms with Crippen molar-refractivity contribution in [3.05, 3.63) is 132 Å². The predicted octanol–water partition coefficient (Wildman–Crippen LogP) is 9.14. The van der Waals surface area contributed by atoms with E-state index in [0.717, 1.165) is 33.2 Å². The van der Waals surface area contributed by atoms with E-state index in [0.29, 0.717) is 23.1 Å². The van der Waals surface area contributed by atoms with Crippen LogP contribution in [0.1, 0.15) is 5.56 Å². The molecule has 6 rings (SSSR count). The van der Waals surface area contributed by atoms with Crippen molar-refractivity contribution >= 4 is 38.8 Å². The molecule has 0 saturated carbocycles. The highest BCUT2D eigenvalue weighted by molar-refractivity contribution is 6.30. The molecule has 0 atom stereocenters. The van der Waals surface area contributed by atoms with E-state index in [1.165, 1.54) is 16.2 Å². The molecule has 0 aromatic heterocycles. The molecule has 2 nitrogen and oxygen atoms in total. The van der Waals surface area contributed by atoms with Crippen molar-refractivity contribution in [1.82, 2.24) is 0 Å². The van der Waals surface area contributed by atoms with E-state index in [1.54, 1.807) is 0 Å². The summed E-state index contributed by atoms with van der Waals surface area (Å²) in [5, 5.41) is 5.40. The molecule has 0 heterocycles. The fourth-order valence-electron chi connectivity index (χ4n) is 4.85. The van der Waals surface area contributed by atoms with E-state index in [1.807, 2.05) is 24.3 Å². The average Bonchev–Trinajstić information content (AvgIpc) is 2.92. The third-order valence-electron chi connectivity index (χ3n) is 6.61. The molecule has 0 aliphatic carbocycles. The van der Waals surface area contributed by atoms with Gasteiger partial charge in [-0.15, -0.1) is 0 Å². The minimum absolute atomic E-state index is 0.374.